The van der Waals surface area contributed by atoms with E-state index in [0.29, 0.717) is 37.0 Å². The van der Waals surface area contributed by atoms with Gasteiger partial charge in [-0.3, -0.25) is 14.2 Å². The number of benzene rings is 1. The molecule has 11 heteroatoms. The second kappa shape index (κ2) is 11.4. The Morgan fingerprint density at radius 2 is 1.92 bits per heavy atom. The van der Waals surface area contributed by atoms with Gasteiger partial charge in [0.1, 0.15) is 23.6 Å². The van der Waals surface area contributed by atoms with E-state index in [9.17, 15) is 28.0 Å². The molecule has 0 unspecified atom stereocenters. The summed E-state index contributed by atoms with van der Waals surface area (Å²) < 4.78 is 41.9. The summed E-state index contributed by atoms with van der Waals surface area (Å²) in [6.07, 6.45) is -1.11. The van der Waals surface area contributed by atoms with Gasteiger partial charge in [0.05, 0.1) is 22.4 Å². The molecule has 3 aromatic rings. The Balaban J connectivity index is 0.00000186. The molecule has 0 saturated carbocycles. The molecule has 1 amide bonds. The Kier molecular flexibility index (Phi) is 8.53. The van der Waals surface area contributed by atoms with Gasteiger partial charge in [-0.25, -0.2) is 23.1 Å². The van der Waals surface area contributed by atoms with Crippen molar-refractivity contribution in [2.45, 2.75) is 52.0 Å². The van der Waals surface area contributed by atoms with Crippen molar-refractivity contribution in [2.75, 3.05) is 18.4 Å². The molecular weight excluding hydrogens is 485 g/mol. The number of nitriles is 1. The van der Waals surface area contributed by atoms with Gasteiger partial charge >= 0.3 is 0 Å². The van der Waals surface area contributed by atoms with E-state index in [2.05, 4.69) is 21.4 Å². The molecule has 1 aliphatic rings. The predicted octanol–water partition coefficient (Wildman–Crippen LogP) is 4.45. The number of halogens is 3. The largest absolute Gasteiger partial charge is 0.365 e. The maximum Gasteiger partial charge on any atom is 0.266 e. The number of rotatable bonds is 5. The first kappa shape index (κ1) is 27.6. The molecule has 1 saturated heterocycles. The van der Waals surface area contributed by atoms with Crippen LogP contribution in [0.1, 0.15) is 56.7 Å². The van der Waals surface area contributed by atoms with Crippen LogP contribution >= 0.6 is 0 Å². The fourth-order valence-corrected chi connectivity index (χ4v) is 4.48. The summed E-state index contributed by atoms with van der Waals surface area (Å²) in [4.78, 5) is 35.0. The van der Waals surface area contributed by atoms with Crippen molar-refractivity contribution in [2.24, 2.45) is 7.05 Å². The lowest BCUT2D eigenvalue weighted by Gasteiger charge is -2.37. The minimum atomic E-state index is -2.94. The molecule has 1 aromatic carbocycles. The number of nitrogens with zero attached hydrogens (tertiary/aromatic N) is 5. The van der Waals surface area contributed by atoms with Gasteiger partial charge in [-0.2, -0.15) is 5.26 Å². The summed E-state index contributed by atoms with van der Waals surface area (Å²) in [5, 5.41) is 13.5. The van der Waals surface area contributed by atoms with E-state index in [-0.39, 0.29) is 35.0 Å². The number of hydrogen-bond donors (Lipinski definition) is 1. The maximum atomic E-state index is 14.5. The summed E-state index contributed by atoms with van der Waals surface area (Å²) >= 11 is 0. The Morgan fingerprint density at radius 3 is 2.51 bits per heavy atom. The highest BCUT2D eigenvalue weighted by molar-refractivity contribution is 5.87. The van der Waals surface area contributed by atoms with E-state index < -0.39 is 23.2 Å². The normalized spacial score (nSPS) is 14.6. The molecule has 2 aromatic heterocycles. The van der Waals surface area contributed by atoms with Crippen LogP contribution in [-0.2, 0) is 23.8 Å². The number of carbonyl (C=O) groups is 1. The first-order valence-corrected chi connectivity index (χ1v) is 12.0. The second-order valence-electron chi connectivity index (χ2n) is 8.56. The molecule has 1 aliphatic heterocycles. The number of aromatic nitrogens is 3. The SMILES string of the molecule is CC.CC(=O)N1CCC(C#N)(c2cc3c(NCc4cccc(C(F)F)c4F)ncnc3n(C)c2=O)CC1. The van der Waals surface area contributed by atoms with E-state index in [1.807, 2.05) is 13.8 Å². The topological polar surface area (TPSA) is 104 Å². The van der Waals surface area contributed by atoms with Crippen LogP contribution in [-0.4, -0.2) is 38.4 Å². The molecule has 0 spiro atoms. The van der Waals surface area contributed by atoms with Crippen LogP contribution in [0.25, 0.3) is 11.0 Å². The van der Waals surface area contributed by atoms with Crippen molar-refractivity contribution in [3.8, 4) is 6.07 Å². The van der Waals surface area contributed by atoms with E-state index in [1.54, 1.807) is 11.0 Å². The zero-order chi connectivity index (χ0) is 27.3. The minimum Gasteiger partial charge on any atom is -0.365 e. The lowest BCUT2D eigenvalue weighted by Crippen LogP contribution is -2.46. The number of anilines is 1. The number of amides is 1. The summed E-state index contributed by atoms with van der Waals surface area (Å²) in [5.41, 5.74) is -1.57. The van der Waals surface area contributed by atoms with Crippen LogP contribution in [0.15, 0.2) is 35.4 Å². The van der Waals surface area contributed by atoms with E-state index >= 15 is 0 Å². The molecule has 3 heterocycles. The van der Waals surface area contributed by atoms with Crippen LogP contribution in [0.3, 0.4) is 0 Å². The van der Waals surface area contributed by atoms with Crippen molar-refractivity contribution in [1.82, 2.24) is 19.4 Å². The van der Waals surface area contributed by atoms with Crippen LogP contribution in [0.4, 0.5) is 19.0 Å². The number of hydrogen-bond acceptors (Lipinski definition) is 6. The maximum absolute atomic E-state index is 14.5. The first-order valence-electron chi connectivity index (χ1n) is 12.0. The molecule has 196 valence electrons. The highest BCUT2D eigenvalue weighted by atomic mass is 19.3. The van der Waals surface area contributed by atoms with Gasteiger partial charge in [0, 0.05) is 44.7 Å². The molecule has 0 radical (unpaired) electrons. The third-order valence-electron chi connectivity index (χ3n) is 6.59. The summed E-state index contributed by atoms with van der Waals surface area (Å²) in [7, 11) is 1.53. The molecule has 8 nitrogen and oxygen atoms in total. The van der Waals surface area contributed by atoms with Gasteiger partial charge in [-0.1, -0.05) is 32.0 Å². The van der Waals surface area contributed by atoms with Crippen molar-refractivity contribution < 1.29 is 18.0 Å². The van der Waals surface area contributed by atoms with Gasteiger partial charge in [-0.05, 0) is 18.9 Å². The van der Waals surface area contributed by atoms with Gasteiger partial charge in [0.25, 0.3) is 12.0 Å². The molecule has 0 bridgehead atoms. The van der Waals surface area contributed by atoms with Gasteiger partial charge in [0.2, 0.25) is 5.91 Å². The number of piperidine rings is 1. The predicted molar refractivity (Wildman–Crippen MR) is 134 cm³/mol. The fourth-order valence-electron chi connectivity index (χ4n) is 4.48. The minimum absolute atomic E-state index is 0.0321. The first-order chi connectivity index (χ1) is 17.7. The van der Waals surface area contributed by atoms with Gasteiger partial charge in [0.15, 0.2) is 0 Å². The summed E-state index contributed by atoms with van der Waals surface area (Å²) in [6.45, 7) is 6.03. The van der Waals surface area contributed by atoms with Crippen LogP contribution < -0.4 is 10.9 Å². The van der Waals surface area contributed by atoms with E-state index in [0.717, 1.165) is 6.07 Å². The third-order valence-corrected chi connectivity index (χ3v) is 6.59. The number of carbonyl (C=O) groups excluding carboxylic acids is 1. The van der Waals surface area contributed by atoms with Crippen molar-refractivity contribution in [3.63, 3.8) is 0 Å². The number of fused-ring (bicyclic) bond motifs is 1. The van der Waals surface area contributed by atoms with E-state index in [4.69, 9.17) is 0 Å². The number of alkyl halides is 2. The molecule has 1 N–H and O–H groups in total. The molecular formula is C26H29F3N6O2. The Morgan fingerprint density at radius 1 is 1.24 bits per heavy atom. The number of likely N-dealkylation sites (tertiary alicyclic amines) is 1. The number of nitrogens with one attached hydrogen (secondary N) is 1. The van der Waals surface area contributed by atoms with Crippen molar-refractivity contribution in [1.29, 1.82) is 5.26 Å². The average molecular weight is 515 g/mol. The second-order valence-corrected chi connectivity index (χ2v) is 8.56. The Bertz CT molecular complexity index is 1390. The number of aryl methyl sites for hydroxylation is 1. The number of pyridine rings is 1. The zero-order valence-corrected chi connectivity index (χ0v) is 21.2. The summed E-state index contributed by atoms with van der Waals surface area (Å²) in [6, 6.07) is 7.64. The zero-order valence-electron chi connectivity index (χ0n) is 21.2. The third kappa shape index (κ3) is 5.28. The fraction of sp³-hybridized carbons (Fsp3) is 0.423. The van der Waals surface area contributed by atoms with Crippen LogP contribution in [0.2, 0.25) is 0 Å². The van der Waals surface area contributed by atoms with Crippen LogP contribution in [0.5, 0.6) is 0 Å². The summed E-state index contributed by atoms with van der Waals surface area (Å²) in [5.74, 6) is -0.823. The molecule has 0 atom stereocenters. The lowest BCUT2D eigenvalue weighted by molar-refractivity contribution is -0.130. The smallest absolute Gasteiger partial charge is 0.266 e. The molecule has 1 fully saturated rings. The Hall–Kier alpha value is -3.94. The van der Waals surface area contributed by atoms with E-state index in [1.165, 1.54) is 37.0 Å². The molecule has 4 rings (SSSR count). The highest BCUT2D eigenvalue weighted by Crippen LogP contribution is 2.35. The quantitative estimate of drug-likeness (QED) is 0.540. The van der Waals surface area contributed by atoms with Crippen molar-refractivity contribution >= 4 is 22.8 Å². The van der Waals surface area contributed by atoms with Crippen LogP contribution in [0, 0.1) is 17.1 Å². The molecule has 0 aliphatic carbocycles. The molecule has 37 heavy (non-hydrogen) atoms. The monoisotopic (exact) mass is 514 g/mol. The standard InChI is InChI=1S/C24H23F3N6O2.C2H6/c1-14(34)33-8-6-24(12-28,7-9-33)18-10-17-21(30-13-31-22(17)32(2)23(18)35)29-11-15-4-3-5-16(19(15)25)20(26)27;1-2/h3-5,10,13,20H,6-9,11H2,1-2H3,(H,29,30,31);1-2H3. The lowest BCUT2D eigenvalue weighted by atomic mass is 9.74. The Labute approximate surface area is 212 Å². The van der Waals surface area contributed by atoms with Gasteiger partial charge in [-0.15, -0.1) is 0 Å². The van der Waals surface area contributed by atoms with Gasteiger partial charge < -0.3 is 10.2 Å². The van der Waals surface area contributed by atoms with Crippen molar-refractivity contribution in [3.05, 3.63) is 63.5 Å². The highest BCUT2D eigenvalue weighted by Gasteiger charge is 2.40. The average Bonchev–Trinajstić information content (AvgIpc) is 2.91.